The van der Waals surface area contributed by atoms with Gasteiger partial charge in [0.25, 0.3) is 5.91 Å². The molecule has 6 heteroatoms. The highest BCUT2D eigenvalue weighted by Gasteiger charge is 2.28. The van der Waals surface area contributed by atoms with Crippen LogP contribution >= 0.6 is 0 Å². The standard InChI is InChI=1S/C17H18N4O2/c1-12-10-16-18-7-6-14(21(16)19-12)13-4-2-8-20(11-13)17(22)15-5-3-9-23-15/h3,5-7,9-10,13H,2,4,8,11H2,1H3. The van der Waals surface area contributed by atoms with Crippen molar-refractivity contribution in [3.63, 3.8) is 0 Å². The van der Waals surface area contributed by atoms with E-state index in [-0.39, 0.29) is 11.8 Å². The number of piperidine rings is 1. The molecule has 1 aliphatic rings. The second-order valence-corrected chi connectivity index (χ2v) is 5.99. The van der Waals surface area contributed by atoms with E-state index in [1.807, 2.05) is 34.7 Å². The third-order valence-corrected chi connectivity index (χ3v) is 4.37. The smallest absolute Gasteiger partial charge is 0.289 e. The second-order valence-electron chi connectivity index (χ2n) is 5.99. The van der Waals surface area contributed by atoms with Gasteiger partial charge in [-0.25, -0.2) is 9.50 Å². The highest BCUT2D eigenvalue weighted by molar-refractivity contribution is 5.91. The number of rotatable bonds is 2. The second kappa shape index (κ2) is 5.53. The van der Waals surface area contributed by atoms with Crippen molar-refractivity contribution in [1.29, 1.82) is 0 Å². The van der Waals surface area contributed by atoms with E-state index in [1.54, 1.807) is 12.1 Å². The Balaban J connectivity index is 1.63. The Morgan fingerprint density at radius 3 is 3.13 bits per heavy atom. The number of nitrogens with zero attached hydrogens (tertiary/aromatic N) is 4. The summed E-state index contributed by atoms with van der Waals surface area (Å²) in [5.41, 5.74) is 2.92. The molecule has 4 heterocycles. The predicted molar refractivity (Wildman–Crippen MR) is 84.3 cm³/mol. The normalized spacial score (nSPS) is 18.5. The summed E-state index contributed by atoms with van der Waals surface area (Å²) in [4.78, 5) is 18.7. The molecule has 0 saturated carbocycles. The topological polar surface area (TPSA) is 63.6 Å². The first-order valence-electron chi connectivity index (χ1n) is 7.86. The van der Waals surface area contributed by atoms with Gasteiger partial charge in [-0.2, -0.15) is 5.10 Å². The van der Waals surface area contributed by atoms with Crippen molar-refractivity contribution in [1.82, 2.24) is 19.5 Å². The molecule has 1 atom stereocenters. The van der Waals surface area contributed by atoms with Gasteiger partial charge in [0.2, 0.25) is 0 Å². The van der Waals surface area contributed by atoms with Crippen LogP contribution in [-0.4, -0.2) is 38.5 Å². The van der Waals surface area contributed by atoms with Crippen molar-refractivity contribution in [3.05, 3.63) is 53.9 Å². The van der Waals surface area contributed by atoms with Gasteiger partial charge in [0.1, 0.15) is 0 Å². The summed E-state index contributed by atoms with van der Waals surface area (Å²) < 4.78 is 7.15. The first-order valence-corrected chi connectivity index (χ1v) is 7.86. The fraction of sp³-hybridized carbons (Fsp3) is 0.353. The van der Waals surface area contributed by atoms with Crippen LogP contribution < -0.4 is 0 Å². The third-order valence-electron chi connectivity index (χ3n) is 4.37. The van der Waals surface area contributed by atoms with E-state index in [1.165, 1.54) is 6.26 Å². The molecule has 3 aromatic heterocycles. The molecule has 0 aliphatic carbocycles. The van der Waals surface area contributed by atoms with E-state index in [0.29, 0.717) is 12.3 Å². The summed E-state index contributed by atoms with van der Waals surface area (Å²) in [6.07, 6.45) is 5.37. The zero-order chi connectivity index (χ0) is 15.8. The lowest BCUT2D eigenvalue weighted by atomic mass is 9.94. The Morgan fingerprint density at radius 2 is 2.30 bits per heavy atom. The van der Waals surface area contributed by atoms with E-state index in [9.17, 15) is 4.79 Å². The fourth-order valence-electron chi connectivity index (χ4n) is 3.30. The van der Waals surface area contributed by atoms with Gasteiger partial charge in [0.15, 0.2) is 11.4 Å². The molecule has 1 unspecified atom stereocenters. The molecule has 118 valence electrons. The van der Waals surface area contributed by atoms with Crippen molar-refractivity contribution in [2.75, 3.05) is 13.1 Å². The first kappa shape index (κ1) is 14.0. The summed E-state index contributed by atoms with van der Waals surface area (Å²) in [5.74, 6) is 0.620. The van der Waals surface area contributed by atoms with Crippen molar-refractivity contribution < 1.29 is 9.21 Å². The number of likely N-dealkylation sites (tertiary alicyclic amines) is 1. The summed E-state index contributed by atoms with van der Waals surface area (Å²) in [7, 11) is 0. The number of hydrogen-bond acceptors (Lipinski definition) is 4. The summed E-state index contributed by atoms with van der Waals surface area (Å²) in [6.45, 7) is 3.41. The van der Waals surface area contributed by atoms with Crippen LogP contribution in [0.15, 0.2) is 41.1 Å². The lowest BCUT2D eigenvalue weighted by molar-refractivity contribution is 0.0673. The maximum Gasteiger partial charge on any atom is 0.289 e. The van der Waals surface area contributed by atoms with Gasteiger partial charge in [0, 0.05) is 31.3 Å². The average Bonchev–Trinajstić information content (AvgIpc) is 3.22. The molecule has 1 saturated heterocycles. The maximum atomic E-state index is 12.5. The van der Waals surface area contributed by atoms with Crippen LogP contribution in [0.2, 0.25) is 0 Å². The molecule has 0 N–H and O–H groups in total. The van der Waals surface area contributed by atoms with Gasteiger partial charge < -0.3 is 9.32 Å². The van der Waals surface area contributed by atoms with Gasteiger partial charge in [-0.15, -0.1) is 0 Å². The molecular weight excluding hydrogens is 292 g/mol. The number of amides is 1. The van der Waals surface area contributed by atoms with Gasteiger partial charge in [0.05, 0.1) is 17.7 Å². The predicted octanol–water partition coefficient (Wildman–Crippen LogP) is 2.65. The largest absolute Gasteiger partial charge is 0.459 e. The minimum absolute atomic E-state index is 0.0401. The highest BCUT2D eigenvalue weighted by Crippen LogP contribution is 2.28. The molecule has 23 heavy (non-hydrogen) atoms. The minimum atomic E-state index is -0.0401. The van der Waals surface area contributed by atoms with Crippen molar-refractivity contribution in [3.8, 4) is 0 Å². The van der Waals surface area contributed by atoms with Gasteiger partial charge >= 0.3 is 0 Å². The van der Waals surface area contributed by atoms with E-state index >= 15 is 0 Å². The van der Waals surface area contributed by atoms with Crippen LogP contribution in [0.25, 0.3) is 5.65 Å². The molecule has 0 bridgehead atoms. The fourth-order valence-corrected chi connectivity index (χ4v) is 3.30. The monoisotopic (exact) mass is 310 g/mol. The van der Waals surface area contributed by atoms with Crippen LogP contribution in [0.5, 0.6) is 0 Å². The number of aromatic nitrogens is 3. The SMILES string of the molecule is Cc1cc2nccc(C3CCCN(C(=O)c4ccco4)C3)n2n1. The molecule has 3 aromatic rings. The number of hydrogen-bond donors (Lipinski definition) is 0. The number of carbonyl (C=O) groups excluding carboxylic acids is 1. The molecule has 6 nitrogen and oxygen atoms in total. The molecule has 1 amide bonds. The van der Waals surface area contributed by atoms with E-state index in [4.69, 9.17) is 4.42 Å². The number of carbonyl (C=O) groups is 1. The van der Waals surface area contributed by atoms with Crippen LogP contribution in [-0.2, 0) is 0 Å². The number of furan rings is 1. The van der Waals surface area contributed by atoms with Crippen LogP contribution in [0.3, 0.4) is 0 Å². The Bertz CT molecular complexity index is 838. The first-order chi connectivity index (χ1) is 11.2. The summed E-state index contributed by atoms with van der Waals surface area (Å²) in [5, 5.41) is 4.54. The van der Waals surface area contributed by atoms with Gasteiger partial charge in [-0.3, -0.25) is 4.79 Å². The lowest BCUT2D eigenvalue weighted by Crippen LogP contribution is -2.39. The molecule has 4 rings (SSSR count). The quantitative estimate of drug-likeness (QED) is 0.730. The molecule has 0 aromatic carbocycles. The molecule has 1 aliphatic heterocycles. The van der Waals surface area contributed by atoms with Crippen LogP contribution in [0.4, 0.5) is 0 Å². The van der Waals surface area contributed by atoms with Gasteiger partial charge in [-0.05, 0) is 38.0 Å². The number of aryl methyl sites for hydroxylation is 1. The average molecular weight is 310 g/mol. The Morgan fingerprint density at radius 1 is 1.39 bits per heavy atom. The molecule has 1 fully saturated rings. The number of fused-ring (bicyclic) bond motifs is 1. The summed E-state index contributed by atoms with van der Waals surface area (Å²) >= 11 is 0. The van der Waals surface area contributed by atoms with Crippen molar-refractivity contribution >= 4 is 11.6 Å². The van der Waals surface area contributed by atoms with E-state index < -0.39 is 0 Å². The Kier molecular flexibility index (Phi) is 3.37. The molecule has 0 radical (unpaired) electrons. The minimum Gasteiger partial charge on any atom is -0.459 e. The zero-order valence-corrected chi connectivity index (χ0v) is 13.0. The molecule has 0 spiro atoms. The van der Waals surface area contributed by atoms with Crippen molar-refractivity contribution in [2.45, 2.75) is 25.7 Å². The van der Waals surface area contributed by atoms with Crippen molar-refractivity contribution in [2.24, 2.45) is 0 Å². The molecular formula is C17H18N4O2. The van der Waals surface area contributed by atoms with E-state index in [0.717, 1.165) is 36.4 Å². The Hall–Kier alpha value is -2.63. The van der Waals surface area contributed by atoms with Crippen LogP contribution in [0, 0.1) is 6.92 Å². The lowest BCUT2D eigenvalue weighted by Gasteiger charge is -2.32. The third kappa shape index (κ3) is 2.50. The zero-order valence-electron chi connectivity index (χ0n) is 13.0. The summed E-state index contributed by atoms with van der Waals surface area (Å²) in [6, 6.07) is 7.43. The van der Waals surface area contributed by atoms with Gasteiger partial charge in [-0.1, -0.05) is 0 Å². The highest BCUT2D eigenvalue weighted by atomic mass is 16.3. The maximum absolute atomic E-state index is 12.5. The Labute approximate surface area is 133 Å². The van der Waals surface area contributed by atoms with Crippen LogP contribution in [0.1, 0.15) is 40.7 Å². The van der Waals surface area contributed by atoms with E-state index in [2.05, 4.69) is 10.1 Å².